The number of hydrogen-bond donors (Lipinski definition) is 2. The summed E-state index contributed by atoms with van der Waals surface area (Å²) in [5.41, 5.74) is 2.67. The van der Waals surface area contributed by atoms with Crippen LogP contribution in [0.4, 0.5) is 4.79 Å². The van der Waals surface area contributed by atoms with Gasteiger partial charge < -0.3 is 10.6 Å². The Morgan fingerprint density at radius 1 is 1.62 bits per heavy atom. The highest BCUT2D eigenvalue weighted by molar-refractivity contribution is 6.24. The van der Waals surface area contributed by atoms with Gasteiger partial charge in [0.1, 0.15) is 7.85 Å². The predicted octanol–water partition coefficient (Wildman–Crippen LogP) is -0.487. The first-order chi connectivity index (χ1) is 6.15. The topological polar surface area (TPSA) is 41.1 Å². The van der Waals surface area contributed by atoms with E-state index in [1.165, 1.54) is 11.0 Å². The zero-order valence-corrected chi connectivity index (χ0v) is 7.72. The van der Waals surface area contributed by atoms with Crippen LogP contribution in [0.25, 0.3) is 0 Å². The van der Waals surface area contributed by atoms with Crippen LogP contribution in [0, 0.1) is 5.92 Å². The van der Waals surface area contributed by atoms with Crippen molar-refractivity contribution >= 4 is 13.9 Å². The van der Waals surface area contributed by atoms with Crippen molar-refractivity contribution in [1.29, 1.82) is 0 Å². The van der Waals surface area contributed by atoms with Crippen LogP contribution in [0.2, 0.25) is 0 Å². The fraction of sp³-hybridized carbons (Fsp3) is 0.444. The van der Waals surface area contributed by atoms with E-state index in [0.717, 1.165) is 0 Å². The summed E-state index contributed by atoms with van der Waals surface area (Å²) in [6, 6.07) is 0.270. The van der Waals surface area contributed by atoms with E-state index in [4.69, 9.17) is 0 Å². The Bertz CT molecular complexity index is 374. The molecule has 1 heterocycles. The molecule has 1 saturated heterocycles. The van der Waals surface area contributed by atoms with Crippen LogP contribution in [-0.2, 0) is 0 Å². The molecule has 1 saturated carbocycles. The van der Waals surface area contributed by atoms with Gasteiger partial charge in [-0.1, -0.05) is 23.2 Å². The second-order valence-electron chi connectivity index (χ2n) is 4.19. The Morgan fingerprint density at radius 2 is 2.38 bits per heavy atom. The van der Waals surface area contributed by atoms with Gasteiger partial charge in [-0.05, 0) is 6.92 Å². The van der Waals surface area contributed by atoms with E-state index < -0.39 is 0 Å². The Hall–Kier alpha value is -1.19. The number of nitrogens with one attached hydrogen (secondary N) is 2. The summed E-state index contributed by atoms with van der Waals surface area (Å²) < 4.78 is 0. The molecule has 0 aromatic rings. The maximum Gasteiger partial charge on any atom is 0.315 e. The maximum atomic E-state index is 11.0. The monoisotopic (exact) mass is 174 g/mol. The Morgan fingerprint density at radius 3 is 3.15 bits per heavy atom. The van der Waals surface area contributed by atoms with Crippen LogP contribution < -0.4 is 10.6 Å². The van der Waals surface area contributed by atoms with Crippen LogP contribution in [0.1, 0.15) is 6.92 Å². The van der Waals surface area contributed by atoms with E-state index in [-0.39, 0.29) is 11.6 Å². The van der Waals surface area contributed by atoms with Crippen molar-refractivity contribution in [2.75, 3.05) is 0 Å². The number of fused-ring (bicyclic) bond motifs is 1. The molecule has 0 aromatic heterocycles. The first-order valence-corrected chi connectivity index (χ1v) is 4.60. The molecule has 0 bridgehead atoms. The van der Waals surface area contributed by atoms with Crippen LogP contribution in [0.5, 0.6) is 0 Å². The van der Waals surface area contributed by atoms with Crippen LogP contribution in [-0.4, -0.2) is 25.5 Å². The molecule has 0 aromatic carbocycles. The van der Waals surface area contributed by atoms with Crippen molar-refractivity contribution in [3.63, 3.8) is 0 Å². The summed E-state index contributed by atoms with van der Waals surface area (Å²) in [7, 11) is 2.12. The SMILES string of the molecule is BC1=C(C)[C@@H]2C3NC(=O)NC32C=C1. The molecule has 0 radical (unpaired) electrons. The second-order valence-corrected chi connectivity index (χ2v) is 4.19. The van der Waals surface area contributed by atoms with Gasteiger partial charge in [0.05, 0.1) is 11.6 Å². The zero-order valence-electron chi connectivity index (χ0n) is 7.72. The molecule has 13 heavy (non-hydrogen) atoms. The van der Waals surface area contributed by atoms with Gasteiger partial charge in [0.25, 0.3) is 0 Å². The highest BCUT2D eigenvalue weighted by Gasteiger charge is 2.70. The lowest BCUT2D eigenvalue weighted by molar-refractivity contribution is 0.243. The summed E-state index contributed by atoms with van der Waals surface area (Å²) in [5, 5.41) is 5.93. The summed E-state index contributed by atoms with van der Waals surface area (Å²) in [4.78, 5) is 11.0. The van der Waals surface area contributed by atoms with E-state index in [2.05, 4.69) is 37.6 Å². The molecule has 2 amide bonds. The van der Waals surface area contributed by atoms with Crippen molar-refractivity contribution in [3.05, 3.63) is 23.2 Å². The number of carbonyl (C=O) groups is 1. The van der Waals surface area contributed by atoms with E-state index in [1.54, 1.807) is 0 Å². The molecule has 3 nitrogen and oxygen atoms in total. The largest absolute Gasteiger partial charge is 0.332 e. The lowest BCUT2D eigenvalue weighted by atomic mass is 9.84. The van der Waals surface area contributed by atoms with Gasteiger partial charge in [0, 0.05) is 5.92 Å². The Labute approximate surface area is 77.7 Å². The minimum absolute atomic E-state index is 0.0294. The Balaban J connectivity index is 2.03. The van der Waals surface area contributed by atoms with Crippen molar-refractivity contribution < 1.29 is 4.79 Å². The number of rotatable bonds is 0. The van der Waals surface area contributed by atoms with Gasteiger partial charge in [0.2, 0.25) is 0 Å². The lowest BCUT2D eigenvalue weighted by Crippen LogP contribution is -2.37. The van der Waals surface area contributed by atoms with Gasteiger partial charge in [-0.15, -0.1) is 0 Å². The molecule has 2 fully saturated rings. The fourth-order valence-corrected chi connectivity index (χ4v) is 2.64. The zero-order chi connectivity index (χ0) is 9.22. The van der Waals surface area contributed by atoms with Gasteiger partial charge in [-0.25, -0.2) is 4.79 Å². The average Bonchev–Trinajstić information content (AvgIpc) is 2.55. The third kappa shape index (κ3) is 0.655. The molecule has 3 atom stereocenters. The van der Waals surface area contributed by atoms with Crippen molar-refractivity contribution in [3.8, 4) is 0 Å². The quantitative estimate of drug-likeness (QED) is 0.478. The third-order valence-corrected chi connectivity index (χ3v) is 3.57. The molecular formula is C9H11BN2O. The lowest BCUT2D eigenvalue weighted by Gasteiger charge is -2.17. The number of amides is 2. The number of urea groups is 1. The van der Waals surface area contributed by atoms with Crippen LogP contribution in [0.3, 0.4) is 0 Å². The predicted molar refractivity (Wildman–Crippen MR) is 52.1 cm³/mol. The second kappa shape index (κ2) is 1.84. The Kier molecular flexibility index (Phi) is 1.02. The van der Waals surface area contributed by atoms with E-state index in [1.807, 2.05) is 0 Å². The number of hydrogen-bond acceptors (Lipinski definition) is 1. The first-order valence-electron chi connectivity index (χ1n) is 4.60. The summed E-state index contributed by atoms with van der Waals surface area (Å²) >= 11 is 0. The average molecular weight is 174 g/mol. The van der Waals surface area contributed by atoms with Crippen LogP contribution >= 0.6 is 0 Å². The van der Waals surface area contributed by atoms with E-state index in [0.29, 0.717) is 12.0 Å². The van der Waals surface area contributed by atoms with Crippen molar-refractivity contribution in [1.82, 2.24) is 10.6 Å². The molecule has 66 valence electrons. The first kappa shape index (κ1) is 7.24. The summed E-state index contributed by atoms with van der Waals surface area (Å²) in [5.74, 6) is 0.496. The smallest absolute Gasteiger partial charge is 0.315 e. The van der Waals surface area contributed by atoms with E-state index >= 15 is 0 Å². The molecule has 3 aliphatic rings. The summed E-state index contributed by atoms with van der Waals surface area (Å²) in [6.07, 6.45) is 4.24. The molecule has 2 N–H and O–H groups in total. The third-order valence-electron chi connectivity index (χ3n) is 3.57. The fourth-order valence-electron chi connectivity index (χ4n) is 2.64. The highest BCUT2D eigenvalue weighted by Crippen LogP contribution is 2.54. The van der Waals surface area contributed by atoms with Gasteiger partial charge in [-0.3, -0.25) is 0 Å². The van der Waals surface area contributed by atoms with Gasteiger partial charge in [0.15, 0.2) is 0 Å². The molecule has 3 rings (SSSR count). The highest BCUT2D eigenvalue weighted by atomic mass is 16.2. The molecular weight excluding hydrogens is 163 g/mol. The minimum Gasteiger partial charge on any atom is -0.332 e. The molecule has 2 unspecified atom stereocenters. The number of allylic oxidation sites excluding steroid dienone is 2. The molecule has 4 heteroatoms. The van der Waals surface area contributed by atoms with Gasteiger partial charge >= 0.3 is 6.03 Å². The van der Waals surface area contributed by atoms with Crippen molar-refractivity contribution in [2.24, 2.45) is 5.92 Å². The minimum atomic E-state index is -0.0688. The molecule has 1 spiro atoms. The standard InChI is InChI=1S/C9H11BN2O/c1-4-5(10)2-3-9-6(4)7(9)11-8(13)12-9/h2-3,6-7H,10H2,1H3,(H2,11,12,13)/t6-,7?,9?/m1/s1. The van der Waals surface area contributed by atoms with Gasteiger partial charge in [-0.2, -0.15) is 0 Å². The van der Waals surface area contributed by atoms with Crippen LogP contribution in [0.15, 0.2) is 23.2 Å². The summed E-state index contributed by atoms with van der Waals surface area (Å²) in [6.45, 7) is 2.15. The van der Waals surface area contributed by atoms with Crippen molar-refractivity contribution in [2.45, 2.75) is 18.5 Å². The number of carbonyl (C=O) groups excluding carboxylic acids is 1. The molecule has 2 aliphatic carbocycles. The molecule has 1 aliphatic heterocycles. The normalized spacial score (nSPS) is 45.2. The maximum absolute atomic E-state index is 11.0. The van der Waals surface area contributed by atoms with E-state index in [9.17, 15) is 4.79 Å².